The molecular weight excluding hydrogens is 324 g/mol. The molecule has 2 nitrogen and oxygen atoms in total. The van der Waals surface area contributed by atoms with Gasteiger partial charge in [0.25, 0.3) is 0 Å². The summed E-state index contributed by atoms with van der Waals surface area (Å²) in [4.78, 5) is 0. The van der Waals surface area contributed by atoms with Crippen LogP contribution in [0.25, 0.3) is 6.08 Å². The summed E-state index contributed by atoms with van der Waals surface area (Å²) in [7, 11) is 3.25. The summed E-state index contributed by atoms with van der Waals surface area (Å²) in [5.41, 5.74) is 1.06. The van der Waals surface area contributed by atoms with E-state index in [4.69, 9.17) is 9.47 Å². The van der Waals surface area contributed by atoms with Crippen LogP contribution in [0.3, 0.4) is 0 Å². The van der Waals surface area contributed by atoms with Gasteiger partial charge in [-0.25, -0.2) is 0 Å². The van der Waals surface area contributed by atoms with Crippen LogP contribution in [0.5, 0.6) is 11.5 Å². The van der Waals surface area contributed by atoms with Gasteiger partial charge in [-0.15, -0.1) is 0 Å². The van der Waals surface area contributed by atoms with Crippen LogP contribution >= 0.6 is 31.9 Å². The van der Waals surface area contributed by atoms with Crippen molar-refractivity contribution < 1.29 is 9.47 Å². The van der Waals surface area contributed by atoms with Crippen LogP contribution in [-0.4, -0.2) is 19.5 Å². The zero-order valence-corrected chi connectivity index (χ0v) is 11.8. The van der Waals surface area contributed by atoms with E-state index in [1.807, 2.05) is 24.3 Å². The van der Waals surface area contributed by atoms with Crippen molar-refractivity contribution in [2.75, 3.05) is 19.5 Å². The van der Waals surface area contributed by atoms with Gasteiger partial charge in [-0.05, 0) is 17.7 Å². The van der Waals surface area contributed by atoms with Gasteiger partial charge in [0.05, 0.1) is 14.2 Å². The summed E-state index contributed by atoms with van der Waals surface area (Å²) in [6.07, 6.45) is 4.03. The van der Waals surface area contributed by atoms with E-state index in [0.29, 0.717) is 0 Å². The lowest BCUT2D eigenvalue weighted by Crippen LogP contribution is -1.91. The van der Waals surface area contributed by atoms with Crippen LogP contribution in [0.2, 0.25) is 0 Å². The van der Waals surface area contributed by atoms with Crippen molar-refractivity contribution in [3.8, 4) is 11.5 Å². The van der Waals surface area contributed by atoms with Gasteiger partial charge in [0.1, 0.15) is 0 Å². The van der Waals surface area contributed by atoms with Gasteiger partial charge >= 0.3 is 0 Å². The smallest absolute Gasteiger partial charge is 0.161 e. The highest BCUT2D eigenvalue weighted by molar-refractivity contribution is 9.10. The van der Waals surface area contributed by atoms with Crippen molar-refractivity contribution in [1.29, 1.82) is 0 Å². The number of rotatable bonds is 4. The topological polar surface area (TPSA) is 18.5 Å². The van der Waals surface area contributed by atoms with Crippen LogP contribution in [0.4, 0.5) is 0 Å². The van der Waals surface area contributed by atoms with E-state index in [2.05, 4.69) is 31.9 Å². The summed E-state index contributed by atoms with van der Waals surface area (Å²) in [6, 6.07) is 3.83. The average Bonchev–Trinajstić information content (AvgIpc) is 2.27. The maximum absolute atomic E-state index is 5.22. The zero-order valence-electron chi connectivity index (χ0n) is 8.59. The molecule has 0 saturated carbocycles. The maximum Gasteiger partial charge on any atom is 0.161 e. The fraction of sp³-hybridized carbons (Fsp3) is 0.273. The van der Waals surface area contributed by atoms with E-state index < -0.39 is 0 Å². The number of methoxy groups -OCH3 is 2. The Morgan fingerprint density at radius 1 is 1.20 bits per heavy atom. The predicted molar refractivity (Wildman–Crippen MR) is 70.1 cm³/mol. The van der Waals surface area contributed by atoms with Crippen molar-refractivity contribution in [2.45, 2.75) is 0 Å². The lowest BCUT2D eigenvalue weighted by Gasteiger charge is -2.09. The second-order valence-electron chi connectivity index (χ2n) is 2.79. The molecule has 0 radical (unpaired) electrons. The van der Waals surface area contributed by atoms with Gasteiger partial charge in [-0.2, -0.15) is 0 Å². The zero-order chi connectivity index (χ0) is 11.3. The number of halogens is 2. The molecule has 0 fully saturated rings. The van der Waals surface area contributed by atoms with Crippen molar-refractivity contribution in [2.24, 2.45) is 0 Å². The van der Waals surface area contributed by atoms with Gasteiger partial charge in [0.2, 0.25) is 0 Å². The van der Waals surface area contributed by atoms with E-state index in [9.17, 15) is 0 Å². The van der Waals surface area contributed by atoms with Gasteiger partial charge in [0, 0.05) is 9.80 Å². The first-order valence-corrected chi connectivity index (χ1v) is 6.28. The number of benzene rings is 1. The summed E-state index contributed by atoms with van der Waals surface area (Å²) in [5.74, 6) is 1.45. The Hall–Kier alpha value is -0.480. The Morgan fingerprint density at radius 2 is 1.80 bits per heavy atom. The Balaban J connectivity index is 3.13. The van der Waals surface area contributed by atoms with Crippen LogP contribution in [-0.2, 0) is 0 Å². The molecule has 0 amide bonds. The van der Waals surface area contributed by atoms with Crippen LogP contribution in [0.15, 0.2) is 22.7 Å². The fourth-order valence-corrected chi connectivity index (χ4v) is 1.81. The number of ether oxygens (including phenoxy) is 2. The van der Waals surface area contributed by atoms with Crippen LogP contribution < -0.4 is 9.47 Å². The monoisotopic (exact) mass is 334 g/mol. The van der Waals surface area contributed by atoms with E-state index in [1.54, 1.807) is 14.2 Å². The number of alkyl halides is 1. The average molecular weight is 336 g/mol. The van der Waals surface area contributed by atoms with Gasteiger partial charge < -0.3 is 9.47 Å². The second kappa shape index (κ2) is 6.18. The van der Waals surface area contributed by atoms with Crippen molar-refractivity contribution in [3.05, 3.63) is 28.2 Å². The Labute approximate surface area is 107 Å². The van der Waals surface area contributed by atoms with Crippen molar-refractivity contribution >= 4 is 37.9 Å². The Kier molecular flexibility index (Phi) is 5.19. The SMILES string of the molecule is COc1cc(Br)c(C=CCBr)cc1OC. The highest BCUT2D eigenvalue weighted by Gasteiger charge is 2.07. The van der Waals surface area contributed by atoms with Gasteiger partial charge in [0.15, 0.2) is 11.5 Å². The summed E-state index contributed by atoms with van der Waals surface area (Å²) < 4.78 is 11.4. The Morgan fingerprint density at radius 3 is 2.33 bits per heavy atom. The third-order valence-electron chi connectivity index (χ3n) is 1.89. The minimum atomic E-state index is 0.723. The maximum atomic E-state index is 5.22. The standard InChI is InChI=1S/C11H12Br2O2/c1-14-10-6-8(4-3-5-12)9(13)7-11(10)15-2/h3-4,6-7H,5H2,1-2H3. The minimum Gasteiger partial charge on any atom is -0.493 e. The molecule has 0 spiro atoms. The highest BCUT2D eigenvalue weighted by Crippen LogP contribution is 2.33. The number of allylic oxidation sites excluding steroid dienone is 1. The van der Waals surface area contributed by atoms with Crippen molar-refractivity contribution in [3.63, 3.8) is 0 Å². The Bertz CT molecular complexity index is 362. The molecule has 1 rings (SSSR count). The lowest BCUT2D eigenvalue weighted by molar-refractivity contribution is 0.354. The van der Waals surface area contributed by atoms with E-state index in [-0.39, 0.29) is 0 Å². The molecule has 4 heteroatoms. The van der Waals surface area contributed by atoms with Crippen molar-refractivity contribution in [1.82, 2.24) is 0 Å². The van der Waals surface area contributed by atoms with Crippen LogP contribution in [0.1, 0.15) is 5.56 Å². The van der Waals surface area contributed by atoms with E-state index in [0.717, 1.165) is 26.9 Å². The molecule has 0 heterocycles. The second-order valence-corrected chi connectivity index (χ2v) is 4.29. The normalized spacial score (nSPS) is 10.7. The molecule has 1 aromatic carbocycles. The quantitative estimate of drug-likeness (QED) is 0.777. The lowest BCUT2D eigenvalue weighted by atomic mass is 10.2. The summed E-state index contributed by atoms with van der Waals surface area (Å²) in [6.45, 7) is 0. The highest BCUT2D eigenvalue weighted by atomic mass is 79.9. The van der Waals surface area contributed by atoms with Crippen LogP contribution in [0, 0.1) is 0 Å². The number of hydrogen-bond donors (Lipinski definition) is 0. The van der Waals surface area contributed by atoms with Gasteiger partial charge in [-0.1, -0.05) is 44.0 Å². The largest absolute Gasteiger partial charge is 0.493 e. The fourth-order valence-electron chi connectivity index (χ4n) is 1.17. The van der Waals surface area contributed by atoms with E-state index in [1.165, 1.54) is 0 Å². The molecule has 0 saturated heterocycles. The summed E-state index contributed by atoms with van der Waals surface area (Å²) >= 11 is 6.82. The molecule has 0 atom stereocenters. The number of hydrogen-bond acceptors (Lipinski definition) is 2. The molecular formula is C11H12Br2O2. The third-order valence-corrected chi connectivity index (χ3v) is 2.95. The molecule has 15 heavy (non-hydrogen) atoms. The molecule has 0 aliphatic heterocycles. The molecule has 1 aromatic rings. The first kappa shape index (κ1) is 12.6. The first-order valence-electron chi connectivity index (χ1n) is 4.37. The first-order chi connectivity index (χ1) is 7.22. The minimum absolute atomic E-state index is 0.723. The molecule has 0 aliphatic carbocycles. The molecule has 82 valence electrons. The predicted octanol–water partition coefficient (Wildman–Crippen LogP) is 3.87. The van der Waals surface area contributed by atoms with E-state index >= 15 is 0 Å². The molecule has 0 N–H and O–H groups in total. The molecule has 0 unspecified atom stereocenters. The summed E-state index contributed by atoms with van der Waals surface area (Å²) in [5, 5.41) is 0.827. The molecule has 0 bridgehead atoms. The third kappa shape index (κ3) is 3.24. The van der Waals surface area contributed by atoms with Gasteiger partial charge in [-0.3, -0.25) is 0 Å². The molecule has 0 aromatic heterocycles. The molecule has 0 aliphatic rings.